The molecule has 0 saturated heterocycles. The number of hydrazone groups is 1. The van der Waals surface area contributed by atoms with Gasteiger partial charge in [-0.3, -0.25) is 4.79 Å². The lowest BCUT2D eigenvalue weighted by atomic mass is 10.0. The van der Waals surface area contributed by atoms with E-state index in [1.54, 1.807) is 6.07 Å². The summed E-state index contributed by atoms with van der Waals surface area (Å²) in [6.07, 6.45) is 1.32. The highest BCUT2D eigenvalue weighted by atomic mass is 79.9. The maximum atomic E-state index is 11.9. The van der Waals surface area contributed by atoms with E-state index in [4.69, 9.17) is 16.3 Å². The van der Waals surface area contributed by atoms with Gasteiger partial charge in [0.2, 0.25) is 0 Å². The smallest absolute Gasteiger partial charge is 0.277 e. The van der Waals surface area contributed by atoms with Crippen molar-refractivity contribution < 1.29 is 14.6 Å². The van der Waals surface area contributed by atoms with Crippen LogP contribution in [0.25, 0.3) is 0 Å². The summed E-state index contributed by atoms with van der Waals surface area (Å²) >= 11 is 9.11. The standard InChI is InChI=1S/C19H20BrClN2O3/c1-11(2)15-5-4-12(3)6-17(15)26-10-18(24)23-22-9-13-7-14(21)8-16(20)19(13)25/h4-9,11,25H,10H2,1-3H3,(H,23,24)/b22-9-. The molecule has 138 valence electrons. The normalized spacial score (nSPS) is 11.2. The van der Waals surface area contributed by atoms with Gasteiger partial charge in [0.25, 0.3) is 5.91 Å². The second kappa shape index (κ2) is 9.05. The van der Waals surface area contributed by atoms with Gasteiger partial charge in [-0.15, -0.1) is 0 Å². The Hall–Kier alpha value is -2.05. The van der Waals surface area contributed by atoms with Crippen molar-refractivity contribution in [2.45, 2.75) is 26.7 Å². The fourth-order valence-corrected chi connectivity index (χ4v) is 3.11. The monoisotopic (exact) mass is 438 g/mol. The van der Waals surface area contributed by atoms with Crippen molar-refractivity contribution in [3.8, 4) is 11.5 Å². The molecule has 2 rings (SSSR count). The fraction of sp³-hybridized carbons (Fsp3) is 0.263. The van der Waals surface area contributed by atoms with Crippen LogP contribution in [0.1, 0.15) is 36.5 Å². The number of hydrogen-bond acceptors (Lipinski definition) is 4. The Morgan fingerprint density at radius 1 is 1.38 bits per heavy atom. The number of hydrogen-bond donors (Lipinski definition) is 2. The van der Waals surface area contributed by atoms with Crippen LogP contribution in [-0.4, -0.2) is 23.8 Å². The lowest BCUT2D eigenvalue weighted by molar-refractivity contribution is -0.123. The molecule has 0 aromatic heterocycles. The molecule has 0 bridgehead atoms. The van der Waals surface area contributed by atoms with Crippen molar-refractivity contribution in [3.63, 3.8) is 0 Å². The largest absolute Gasteiger partial charge is 0.506 e. The van der Waals surface area contributed by atoms with Crippen molar-refractivity contribution in [1.82, 2.24) is 5.43 Å². The number of phenolic OH excluding ortho intramolecular Hbond substituents is 1. The average molecular weight is 440 g/mol. The summed E-state index contributed by atoms with van der Waals surface area (Å²) in [7, 11) is 0. The van der Waals surface area contributed by atoms with Gasteiger partial charge in [-0.1, -0.05) is 37.6 Å². The predicted octanol–water partition coefficient (Wildman–Crippen LogP) is 4.77. The Balaban J connectivity index is 1.97. The van der Waals surface area contributed by atoms with Crippen molar-refractivity contribution in [3.05, 3.63) is 56.5 Å². The van der Waals surface area contributed by atoms with Crippen LogP contribution in [-0.2, 0) is 4.79 Å². The van der Waals surface area contributed by atoms with Gasteiger partial charge in [0, 0.05) is 10.6 Å². The van der Waals surface area contributed by atoms with E-state index in [0.29, 0.717) is 20.8 Å². The minimum Gasteiger partial charge on any atom is -0.506 e. The molecule has 2 aromatic carbocycles. The molecule has 0 spiro atoms. The minimum absolute atomic E-state index is 0.00927. The first-order chi connectivity index (χ1) is 12.3. The number of phenols is 1. The van der Waals surface area contributed by atoms with E-state index in [9.17, 15) is 9.90 Å². The highest BCUT2D eigenvalue weighted by Crippen LogP contribution is 2.30. The first-order valence-electron chi connectivity index (χ1n) is 8.01. The minimum atomic E-state index is -0.405. The van der Waals surface area contributed by atoms with E-state index in [2.05, 4.69) is 40.3 Å². The van der Waals surface area contributed by atoms with Crippen molar-refractivity contribution in [2.75, 3.05) is 6.61 Å². The molecule has 0 saturated carbocycles. The third-order valence-electron chi connectivity index (χ3n) is 3.60. The third-order valence-corrected chi connectivity index (χ3v) is 4.42. The zero-order valence-corrected chi connectivity index (χ0v) is 17.1. The molecular formula is C19H20BrClN2O3. The van der Waals surface area contributed by atoms with E-state index in [0.717, 1.165) is 11.1 Å². The van der Waals surface area contributed by atoms with Crippen molar-refractivity contribution in [2.24, 2.45) is 5.10 Å². The summed E-state index contributed by atoms with van der Waals surface area (Å²) in [4.78, 5) is 11.9. The van der Waals surface area contributed by atoms with Crippen LogP contribution >= 0.6 is 27.5 Å². The first kappa shape index (κ1) is 20.3. The highest BCUT2D eigenvalue weighted by Gasteiger charge is 2.10. The number of rotatable bonds is 6. The number of ether oxygens (including phenoxy) is 1. The first-order valence-corrected chi connectivity index (χ1v) is 9.18. The number of aryl methyl sites for hydroxylation is 1. The third kappa shape index (κ3) is 5.47. The molecule has 5 nitrogen and oxygen atoms in total. The van der Waals surface area contributed by atoms with Gasteiger partial charge in [-0.2, -0.15) is 5.10 Å². The SMILES string of the molecule is Cc1ccc(C(C)C)c(OCC(=O)N/N=C\c2cc(Cl)cc(Br)c2O)c1. The number of nitrogens with zero attached hydrogens (tertiary/aromatic N) is 1. The van der Waals surface area contributed by atoms with Crippen LogP contribution in [0.3, 0.4) is 0 Å². The summed E-state index contributed by atoms with van der Waals surface area (Å²) < 4.78 is 6.09. The van der Waals surface area contributed by atoms with Crippen molar-refractivity contribution in [1.29, 1.82) is 0 Å². The van der Waals surface area contributed by atoms with Crippen LogP contribution in [0.15, 0.2) is 39.9 Å². The molecule has 2 aromatic rings. The molecule has 0 unspecified atom stereocenters. The summed E-state index contributed by atoms with van der Waals surface area (Å²) in [6, 6.07) is 9.03. The highest BCUT2D eigenvalue weighted by molar-refractivity contribution is 9.10. The zero-order valence-electron chi connectivity index (χ0n) is 14.7. The molecule has 0 aliphatic rings. The quantitative estimate of drug-likeness (QED) is 0.503. The van der Waals surface area contributed by atoms with E-state index in [1.165, 1.54) is 12.3 Å². The number of aromatic hydroxyl groups is 1. The predicted molar refractivity (Wildman–Crippen MR) is 107 cm³/mol. The Kier molecular flexibility index (Phi) is 7.06. The lowest BCUT2D eigenvalue weighted by Crippen LogP contribution is -2.25. The van der Waals surface area contributed by atoms with Crippen LogP contribution in [0, 0.1) is 6.92 Å². The molecule has 0 radical (unpaired) electrons. The van der Waals surface area contributed by atoms with E-state index in [1.807, 2.05) is 25.1 Å². The molecule has 0 aliphatic carbocycles. The van der Waals surface area contributed by atoms with E-state index >= 15 is 0 Å². The van der Waals surface area contributed by atoms with Gasteiger partial charge in [-0.05, 0) is 58.1 Å². The van der Waals surface area contributed by atoms with Crippen LogP contribution < -0.4 is 10.2 Å². The number of nitrogens with one attached hydrogen (secondary N) is 1. The Morgan fingerprint density at radius 2 is 2.12 bits per heavy atom. The Morgan fingerprint density at radius 3 is 2.81 bits per heavy atom. The Labute approximate surface area is 166 Å². The number of benzene rings is 2. The number of amides is 1. The summed E-state index contributed by atoms with van der Waals surface area (Å²) in [5, 5.41) is 14.2. The summed E-state index contributed by atoms with van der Waals surface area (Å²) in [5.74, 6) is 0.564. The van der Waals surface area contributed by atoms with Gasteiger partial charge >= 0.3 is 0 Å². The average Bonchev–Trinajstić information content (AvgIpc) is 2.57. The fourth-order valence-electron chi connectivity index (χ4n) is 2.28. The maximum absolute atomic E-state index is 11.9. The van der Waals surface area contributed by atoms with Gasteiger partial charge in [0.05, 0.1) is 10.7 Å². The number of carbonyl (C=O) groups excluding carboxylic acids is 1. The van der Waals surface area contributed by atoms with Gasteiger partial charge < -0.3 is 9.84 Å². The second-order valence-electron chi connectivity index (χ2n) is 6.10. The maximum Gasteiger partial charge on any atom is 0.277 e. The second-order valence-corrected chi connectivity index (χ2v) is 7.39. The molecule has 1 amide bonds. The lowest BCUT2D eigenvalue weighted by Gasteiger charge is -2.14. The molecule has 0 aliphatic heterocycles. The van der Waals surface area contributed by atoms with Crippen LogP contribution in [0.4, 0.5) is 0 Å². The van der Waals surface area contributed by atoms with Gasteiger partial charge in [0.1, 0.15) is 11.5 Å². The summed E-state index contributed by atoms with van der Waals surface area (Å²) in [6.45, 7) is 5.94. The van der Waals surface area contributed by atoms with Crippen LogP contribution in [0.5, 0.6) is 11.5 Å². The number of halogens is 2. The van der Waals surface area contributed by atoms with E-state index < -0.39 is 5.91 Å². The summed E-state index contributed by atoms with van der Waals surface area (Å²) in [5.41, 5.74) is 4.85. The molecule has 0 atom stereocenters. The van der Waals surface area contributed by atoms with E-state index in [-0.39, 0.29) is 18.3 Å². The molecule has 2 N–H and O–H groups in total. The van der Waals surface area contributed by atoms with Crippen molar-refractivity contribution >= 4 is 39.7 Å². The molecule has 0 fully saturated rings. The van der Waals surface area contributed by atoms with Gasteiger partial charge in [-0.25, -0.2) is 5.43 Å². The molecule has 7 heteroatoms. The molecule has 0 heterocycles. The Bertz CT molecular complexity index is 838. The van der Waals surface area contributed by atoms with Crippen LogP contribution in [0.2, 0.25) is 5.02 Å². The van der Waals surface area contributed by atoms with Gasteiger partial charge in [0.15, 0.2) is 6.61 Å². The topological polar surface area (TPSA) is 70.9 Å². The molecule has 26 heavy (non-hydrogen) atoms. The zero-order chi connectivity index (χ0) is 19.3. The number of carbonyl (C=O) groups is 1. The molecular weight excluding hydrogens is 420 g/mol.